The molecule has 0 bridgehead atoms. The fourth-order valence-electron chi connectivity index (χ4n) is 10.1. The van der Waals surface area contributed by atoms with Crippen LogP contribution in [0.25, 0.3) is 0 Å². The molecular formula is C67H119N11O14S. The van der Waals surface area contributed by atoms with E-state index >= 15 is 0 Å². The monoisotopic (exact) mass is 1330 g/mol. The summed E-state index contributed by atoms with van der Waals surface area (Å²) < 4.78 is 22.2. The van der Waals surface area contributed by atoms with Crippen LogP contribution in [-0.2, 0) is 62.1 Å². The molecule has 26 heteroatoms. The molecule has 0 spiro atoms. The van der Waals surface area contributed by atoms with Crippen LogP contribution < -0.4 is 49.1 Å². The molecule has 93 heavy (non-hydrogen) atoms. The molecule has 6 amide bonds. The van der Waals surface area contributed by atoms with Crippen LogP contribution in [-0.4, -0.2) is 166 Å². The molecule has 0 radical (unpaired) electrons. The Hall–Kier alpha value is -5.96. The molecule has 1 aromatic heterocycles. The van der Waals surface area contributed by atoms with Gasteiger partial charge in [-0.15, -0.1) is 11.3 Å². The van der Waals surface area contributed by atoms with Crippen LogP contribution in [0.1, 0.15) is 233 Å². The molecular weight excluding hydrogens is 1210 g/mol. The molecule has 1 unspecified atom stereocenters. The van der Waals surface area contributed by atoms with Gasteiger partial charge in [-0.1, -0.05) is 132 Å². The summed E-state index contributed by atoms with van der Waals surface area (Å²) in [6.45, 7) is 15.9. The quantitative estimate of drug-likeness (QED) is 0.0139. The molecule has 532 valence electrons. The first kappa shape index (κ1) is 85.1. The zero-order valence-electron chi connectivity index (χ0n) is 57.6. The second kappa shape index (κ2) is 53.3. The molecule has 1 aromatic rings. The van der Waals surface area contributed by atoms with Crippen LogP contribution in [0.4, 0.5) is 5.13 Å². The standard InChI is InChI=1S/C67H119N11O14S/c1-9-11-12-13-14-15-16-17-18-19-20-21-22-28-52(80)29-23-25-33-89-35-37-91-38-36-90-34-26-24-30-53(81)44-92-45-60(84)71-32-27-31-54(50(8)79)75-63(86)55(40-48(5)6)76-64(87)56(42-73-66(68)69)74-59(83)43-72-65(88)61(49(7)10-2)78-62(85)51(39-47(3)4)41-58(82)57-46-93-67(70)77-57/h46-49,51,54-56,61H,9-45H2,1-8H3,(H2,70,77)(H,71,84)(H,72,88)(H,74,83)(H,75,86)(H,76,87)(H,78,85)(H4,68,69,73)/t49?,51-,54+,55+,56+,61+/m1/s1. The van der Waals surface area contributed by atoms with Crippen molar-refractivity contribution in [1.29, 1.82) is 0 Å². The number of nitrogens with zero attached hydrogens (tertiary/aromatic N) is 2. The van der Waals surface area contributed by atoms with Gasteiger partial charge in [0, 0.05) is 56.7 Å². The Kier molecular flexibility index (Phi) is 48.8. The van der Waals surface area contributed by atoms with Crippen molar-refractivity contribution >= 4 is 81.0 Å². The van der Waals surface area contributed by atoms with E-state index in [0.29, 0.717) is 83.9 Å². The van der Waals surface area contributed by atoms with Crippen molar-refractivity contribution in [1.82, 2.24) is 36.9 Å². The number of ketones is 4. The van der Waals surface area contributed by atoms with Crippen molar-refractivity contribution in [3.63, 3.8) is 0 Å². The number of guanidine groups is 1. The van der Waals surface area contributed by atoms with E-state index in [4.69, 9.17) is 36.1 Å². The molecule has 6 atom stereocenters. The number of nitrogens with two attached hydrogens (primary N) is 3. The molecule has 25 nitrogen and oxygen atoms in total. The third-order valence-corrected chi connectivity index (χ3v) is 16.3. The maximum atomic E-state index is 13.8. The molecule has 0 aromatic carbocycles. The van der Waals surface area contributed by atoms with Crippen LogP contribution >= 0.6 is 11.3 Å². The lowest BCUT2D eigenvalue weighted by atomic mass is 9.90. The van der Waals surface area contributed by atoms with Gasteiger partial charge < -0.3 is 68.0 Å². The van der Waals surface area contributed by atoms with E-state index in [9.17, 15) is 47.9 Å². The van der Waals surface area contributed by atoms with E-state index in [0.717, 1.165) is 37.0 Å². The fourth-order valence-corrected chi connectivity index (χ4v) is 10.6. The van der Waals surface area contributed by atoms with Gasteiger partial charge in [-0.05, 0) is 82.5 Å². The molecule has 0 saturated carbocycles. The van der Waals surface area contributed by atoms with Gasteiger partial charge in [0.1, 0.15) is 42.8 Å². The molecule has 1 rings (SSSR count). The number of Topliss-reactive ketones (excluding diaryl/α,β-unsaturated/α-hetero) is 4. The first-order valence-electron chi connectivity index (χ1n) is 34.4. The maximum Gasteiger partial charge on any atom is 0.246 e. The number of rotatable bonds is 60. The van der Waals surface area contributed by atoms with Crippen molar-refractivity contribution in [2.45, 2.75) is 246 Å². The van der Waals surface area contributed by atoms with Gasteiger partial charge >= 0.3 is 0 Å². The van der Waals surface area contributed by atoms with Gasteiger partial charge in [-0.2, -0.15) is 0 Å². The molecule has 0 aliphatic carbocycles. The van der Waals surface area contributed by atoms with Gasteiger partial charge in [0.15, 0.2) is 28.4 Å². The molecule has 0 fully saturated rings. The van der Waals surface area contributed by atoms with Gasteiger partial charge in [-0.25, -0.2) is 4.98 Å². The molecule has 1 heterocycles. The van der Waals surface area contributed by atoms with Crippen LogP contribution in [0.3, 0.4) is 0 Å². The number of nitrogens with one attached hydrogen (secondary N) is 6. The average molecular weight is 1330 g/mol. The van der Waals surface area contributed by atoms with Crippen molar-refractivity contribution in [2.24, 2.45) is 40.1 Å². The molecule has 12 N–H and O–H groups in total. The van der Waals surface area contributed by atoms with Gasteiger partial charge in [0.25, 0.3) is 0 Å². The third-order valence-electron chi connectivity index (χ3n) is 15.6. The SMILES string of the molecule is CCCCCCCCCCCCCCCC(=O)CCCCOCCOCCOCCCCC(=O)COCC(=O)NCCC[C@H](NC(=O)[C@H](CC(C)C)NC(=O)[C@H](CN=C(N)N)NC(=O)CNC(=O)[C@@H](NC(=O)[C@@H](CC(=O)c1csc(N)n1)CC(C)C)C(C)CC)C(C)=O. The third kappa shape index (κ3) is 44.4. The summed E-state index contributed by atoms with van der Waals surface area (Å²) in [6.07, 6.45) is 22.7. The number of aliphatic imine (C=N–C) groups is 1. The van der Waals surface area contributed by atoms with Crippen molar-refractivity contribution in [3.05, 3.63) is 11.1 Å². The zero-order chi connectivity index (χ0) is 69.2. The van der Waals surface area contributed by atoms with E-state index in [2.05, 4.69) is 48.8 Å². The molecule has 0 aliphatic rings. The minimum atomic E-state index is -1.43. The number of anilines is 1. The highest BCUT2D eigenvalue weighted by atomic mass is 32.1. The smallest absolute Gasteiger partial charge is 0.246 e. The highest BCUT2D eigenvalue weighted by Gasteiger charge is 2.33. The summed E-state index contributed by atoms with van der Waals surface area (Å²) in [4.78, 5) is 139. The topological polar surface area (TPSA) is 383 Å². The number of thiazole rings is 1. The Morgan fingerprint density at radius 2 is 1.08 bits per heavy atom. The minimum Gasteiger partial charge on any atom is -0.379 e. The number of carbonyl (C=O) groups excluding carboxylic acids is 10. The second-order valence-corrected chi connectivity index (χ2v) is 26.1. The Bertz CT molecular complexity index is 2350. The van der Waals surface area contributed by atoms with Crippen LogP contribution in [0.2, 0.25) is 0 Å². The van der Waals surface area contributed by atoms with Crippen LogP contribution in [0.5, 0.6) is 0 Å². The minimum absolute atomic E-state index is 0.0312. The van der Waals surface area contributed by atoms with E-state index < -0.39 is 84.5 Å². The lowest BCUT2D eigenvalue weighted by Gasteiger charge is -2.27. The number of nitrogen functional groups attached to an aromatic ring is 1. The maximum absolute atomic E-state index is 13.8. The largest absolute Gasteiger partial charge is 0.379 e. The molecule has 0 saturated heterocycles. The average Bonchev–Trinajstić information content (AvgIpc) is 1.81. The lowest BCUT2D eigenvalue weighted by molar-refractivity contribution is -0.134. The van der Waals surface area contributed by atoms with E-state index in [1.165, 1.54) is 82.9 Å². The van der Waals surface area contributed by atoms with Crippen LogP contribution in [0, 0.1) is 23.7 Å². The summed E-state index contributed by atoms with van der Waals surface area (Å²) >= 11 is 1.11. The summed E-state index contributed by atoms with van der Waals surface area (Å²) in [6, 6.07) is -4.69. The van der Waals surface area contributed by atoms with Gasteiger partial charge in [0.2, 0.25) is 35.4 Å². The Morgan fingerprint density at radius 3 is 1.60 bits per heavy atom. The normalized spacial score (nSPS) is 13.3. The highest BCUT2D eigenvalue weighted by Crippen LogP contribution is 2.22. The number of hydrogen-bond acceptors (Lipinski definition) is 18. The first-order valence-corrected chi connectivity index (χ1v) is 35.2. The van der Waals surface area contributed by atoms with E-state index in [-0.39, 0.29) is 97.8 Å². The van der Waals surface area contributed by atoms with Crippen molar-refractivity contribution in [3.8, 4) is 0 Å². The summed E-state index contributed by atoms with van der Waals surface area (Å²) in [7, 11) is 0. The number of unbranched alkanes of at least 4 members (excludes halogenated alkanes) is 14. The first-order chi connectivity index (χ1) is 44.5. The number of hydrogen-bond donors (Lipinski definition) is 9. The van der Waals surface area contributed by atoms with Gasteiger partial charge in [0.05, 0.1) is 45.6 Å². The number of carbonyl (C=O) groups is 10. The second-order valence-electron chi connectivity index (χ2n) is 25.2. The Labute approximate surface area is 558 Å². The molecule has 0 aliphatic heterocycles. The summed E-state index contributed by atoms with van der Waals surface area (Å²) in [5.41, 5.74) is 17.0. The van der Waals surface area contributed by atoms with Crippen LogP contribution in [0.15, 0.2) is 10.4 Å². The number of aromatic nitrogens is 1. The van der Waals surface area contributed by atoms with Crippen molar-refractivity contribution in [2.75, 3.05) is 78.2 Å². The van der Waals surface area contributed by atoms with E-state index in [1.54, 1.807) is 6.92 Å². The number of amides is 6. The predicted molar refractivity (Wildman–Crippen MR) is 363 cm³/mol. The summed E-state index contributed by atoms with van der Waals surface area (Å²) in [5, 5.41) is 17.6. The zero-order valence-corrected chi connectivity index (χ0v) is 58.4. The number of ether oxygens (including phenoxy) is 4. The Morgan fingerprint density at radius 1 is 0.548 bits per heavy atom. The fraction of sp³-hybridized carbons (Fsp3) is 0.791. The predicted octanol–water partition coefficient (Wildman–Crippen LogP) is 6.89. The summed E-state index contributed by atoms with van der Waals surface area (Å²) in [5.74, 6) is -6.21. The Balaban J connectivity index is 2.42. The van der Waals surface area contributed by atoms with Gasteiger partial charge in [-0.3, -0.25) is 52.9 Å². The van der Waals surface area contributed by atoms with E-state index in [1.807, 2.05) is 34.6 Å². The lowest BCUT2D eigenvalue weighted by Crippen LogP contribution is -2.58. The highest BCUT2D eigenvalue weighted by molar-refractivity contribution is 7.13. The van der Waals surface area contributed by atoms with Crippen molar-refractivity contribution < 1.29 is 66.9 Å².